The average Bonchev–Trinajstić information content (AvgIpc) is 3.35. The smallest absolute Gasteiger partial charge is 0.227 e. The number of carbonyl (C=O) groups excluding carboxylic acids is 3. The first-order valence-electron chi connectivity index (χ1n) is 8.16. The Labute approximate surface area is 145 Å². The second-order valence-corrected chi connectivity index (χ2v) is 6.67. The lowest BCUT2D eigenvalue weighted by molar-refractivity contribution is -0.126. The Balaban J connectivity index is 1.45. The Kier molecular flexibility index (Phi) is 5.04. The third kappa shape index (κ3) is 4.06. The lowest BCUT2D eigenvalue weighted by atomic mass is 10.1. The van der Waals surface area contributed by atoms with Gasteiger partial charge in [-0.3, -0.25) is 14.4 Å². The first-order chi connectivity index (χ1) is 11.5. The molecule has 1 aliphatic heterocycles. The molecular weight excluding hydrogens is 330 g/mol. The lowest BCUT2D eigenvalue weighted by Crippen LogP contribution is -2.38. The first kappa shape index (κ1) is 16.8. The van der Waals surface area contributed by atoms with Crippen LogP contribution in [-0.2, 0) is 14.4 Å². The van der Waals surface area contributed by atoms with Gasteiger partial charge in [-0.25, -0.2) is 0 Å². The highest BCUT2D eigenvalue weighted by Crippen LogP contribution is 2.28. The van der Waals surface area contributed by atoms with Crippen LogP contribution in [0.25, 0.3) is 0 Å². The standard InChI is InChI=1S/C17H20ClN3O3/c18-13-3-5-14(6-4-13)21-10-12(9-15(21)22)17(24)20-8-7-19-16(23)11-1-2-11/h3-6,11-12H,1-2,7-10H2,(H,19,23)(H,20,24)/t12-/m0/s1. The summed E-state index contributed by atoms with van der Waals surface area (Å²) in [6, 6.07) is 6.99. The molecular formula is C17H20ClN3O3. The molecule has 1 atom stereocenters. The second-order valence-electron chi connectivity index (χ2n) is 6.24. The number of anilines is 1. The van der Waals surface area contributed by atoms with E-state index < -0.39 is 0 Å². The van der Waals surface area contributed by atoms with Gasteiger partial charge in [-0.15, -0.1) is 0 Å². The molecule has 2 fully saturated rings. The summed E-state index contributed by atoms with van der Waals surface area (Å²) in [7, 11) is 0. The molecule has 3 amide bonds. The Bertz CT molecular complexity index is 643. The first-order valence-corrected chi connectivity index (χ1v) is 8.54. The molecule has 1 saturated heterocycles. The molecule has 1 aromatic carbocycles. The fraction of sp³-hybridized carbons (Fsp3) is 0.471. The van der Waals surface area contributed by atoms with Crippen molar-refractivity contribution in [1.82, 2.24) is 10.6 Å². The van der Waals surface area contributed by atoms with Crippen molar-refractivity contribution in [2.45, 2.75) is 19.3 Å². The van der Waals surface area contributed by atoms with Gasteiger partial charge in [-0.1, -0.05) is 11.6 Å². The van der Waals surface area contributed by atoms with Gasteiger partial charge < -0.3 is 15.5 Å². The van der Waals surface area contributed by atoms with Crippen LogP contribution < -0.4 is 15.5 Å². The van der Waals surface area contributed by atoms with Crippen LogP contribution in [0.5, 0.6) is 0 Å². The number of hydrogen-bond donors (Lipinski definition) is 2. The lowest BCUT2D eigenvalue weighted by Gasteiger charge is -2.16. The molecule has 1 aromatic rings. The zero-order valence-electron chi connectivity index (χ0n) is 13.3. The maximum atomic E-state index is 12.2. The van der Waals surface area contributed by atoms with Crippen LogP contribution in [0.3, 0.4) is 0 Å². The minimum atomic E-state index is -0.368. The number of rotatable bonds is 6. The van der Waals surface area contributed by atoms with Crippen molar-refractivity contribution in [2.24, 2.45) is 11.8 Å². The summed E-state index contributed by atoms with van der Waals surface area (Å²) in [5.74, 6) is -0.359. The van der Waals surface area contributed by atoms with Crippen molar-refractivity contribution in [3.8, 4) is 0 Å². The SMILES string of the molecule is O=C(NCCNC(=O)[C@H]1CC(=O)N(c2ccc(Cl)cc2)C1)C1CC1. The predicted octanol–water partition coefficient (Wildman–Crippen LogP) is 1.34. The highest BCUT2D eigenvalue weighted by Gasteiger charge is 2.35. The molecule has 0 radical (unpaired) electrons. The van der Waals surface area contributed by atoms with E-state index in [9.17, 15) is 14.4 Å². The fourth-order valence-electron chi connectivity index (χ4n) is 2.76. The van der Waals surface area contributed by atoms with Crippen LogP contribution in [0.4, 0.5) is 5.69 Å². The summed E-state index contributed by atoms with van der Waals surface area (Å²) in [4.78, 5) is 37.4. The van der Waals surface area contributed by atoms with Crippen molar-refractivity contribution in [2.75, 3.05) is 24.5 Å². The van der Waals surface area contributed by atoms with Gasteiger partial charge in [0.2, 0.25) is 17.7 Å². The van der Waals surface area contributed by atoms with Crippen molar-refractivity contribution in [3.63, 3.8) is 0 Å². The zero-order valence-corrected chi connectivity index (χ0v) is 14.0. The summed E-state index contributed by atoms with van der Waals surface area (Å²) in [6.45, 7) is 1.16. The molecule has 2 N–H and O–H groups in total. The Morgan fingerprint density at radius 1 is 1.04 bits per heavy atom. The minimum Gasteiger partial charge on any atom is -0.354 e. The quantitative estimate of drug-likeness (QED) is 0.761. The average molecular weight is 350 g/mol. The second kappa shape index (κ2) is 7.21. The van der Waals surface area contributed by atoms with Crippen LogP contribution in [0.1, 0.15) is 19.3 Å². The van der Waals surface area contributed by atoms with Gasteiger partial charge in [0.25, 0.3) is 0 Å². The number of halogens is 1. The van der Waals surface area contributed by atoms with Crippen molar-refractivity contribution in [1.29, 1.82) is 0 Å². The van der Waals surface area contributed by atoms with Gasteiger partial charge in [0.05, 0.1) is 5.92 Å². The molecule has 1 heterocycles. The molecule has 1 saturated carbocycles. The Hall–Kier alpha value is -2.08. The highest BCUT2D eigenvalue weighted by molar-refractivity contribution is 6.30. The van der Waals surface area contributed by atoms with Gasteiger partial charge in [0, 0.05) is 42.7 Å². The van der Waals surface area contributed by atoms with E-state index in [4.69, 9.17) is 11.6 Å². The summed E-state index contributed by atoms with van der Waals surface area (Å²) >= 11 is 5.85. The van der Waals surface area contributed by atoms with Gasteiger partial charge in [-0.05, 0) is 37.1 Å². The monoisotopic (exact) mass is 349 g/mol. The summed E-state index contributed by atoms with van der Waals surface area (Å²) < 4.78 is 0. The number of nitrogens with zero attached hydrogens (tertiary/aromatic N) is 1. The maximum absolute atomic E-state index is 12.2. The van der Waals surface area contributed by atoms with E-state index in [0.717, 1.165) is 18.5 Å². The molecule has 0 spiro atoms. The van der Waals surface area contributed by atoms with Crippen LogP contribution in [0.15, 0.2) is 24.3 Å². The van der Waals surface area contributed by atoms with Gasteiger partial charge >= 0.3 is 0 Å². The molecule has 128 valence electrons. The van der Waals surface area contributed by atoms with Crippen LogP contribution >= 0.6 is 11.6 Å². The zero-order chi connectivity index (χ0) is 17.1. The summed E-state index contributed by atoms with van der Waals surface area (Å²) in [5, 5.41) is 6.19. The molecule has 0 bridgehead atoms. The molecule has 0 unspecified atom stereocenters. The molecule has 0 aromatic heterocycles. The molecule has 3 rings (SSSR count). The third-order valence-corrected chi connectivity index (χ3v) is 4.56. The summed E-state index contributed by atoms with van der Waals surface area (Å²) in [5.41, 5.74) is 0.747. The maximum Gasteiger partial charge on any atom is 0.227 e. The van der Waals surface area contributed by atoms with Crippen LogP contribution in [0.2, 0.25) is 5.02 Å². The van der Waals surface area contributed by atoms with E-state index in [2.05, 4.69) is 10.6 Å². The van der Waals surface area contributed by atoms with Crippen molar-refractivity contribution < 1.29 is 14.4 Å². The molecule has 1 aliphatic carbocycles. The summed E-state index contributed by atoms with van der Waals surface area (Å²) in [6.07, 6.45) is 2.12. The van der Waals surface area contributed by atoms with Gasteiger partial charge in [0.1, 0.15) is 0 Å². The van der Waals surface area contributed by atoms with Gasteiger partial charge in [0.15, 0.2) is 0 Å². The third-order valence-electron chi connectivity index (χ3n) is 4.31. The largest absolute Gasteiger partial charge is 0.354 e. The number of benzene rings is 1. The molecule has 6 nitrogen and oxygen atoms in total. The van der Waals surface area contributed by atoms with Gasteiger partial charge in [-0.2, -0.15) is 0 Å². The van der Waals surface area contributed by atoms with E-state index in [1.165, 1.54) is 0 Å². The van der Waals surface area contributed by atoms with E-state index >= 15 is 0 Å². The fourth-order valence-corrected chi connectivity index (χ4v) is 2.89. The molecule has 7 heteroatoms. The van der Waals surface area contributed by atoms with E-state index in [1.54, 1.807) is 29.2 Å². The highest BCUT2D eigenvalue weighted by atomic mass is 35.5. The Morgan fingerprint density at radius 3 is 2.21 bits per heavy atom. The van der Waals surface area contributed by atoms with Crippen molar-refractivity contribution in [3.05, 3.63) is 29.3 Å². The topological polar surface area (TPSA) is 78.5 Å². The normalized spacial score (nSPS) is 20.1. The molecule has 2 aliphatic rings. The van der Waals surface area contributed by atoms with E-state index in [1.807, 2.05) is 0 Å². The van der Waals surface area contributed by atoms with E-state index in [0.29, 0.717) is 24.7 Å². The number of carbonyl (C=O) groups is 3. The number of amides is 3. The Morgan fingerprint density at radius 2 is 1.62 bits per heavy atom. The van der Waals surface area contributed by atoms with Crippen LogP contribution in [0, 0.1) is 11.8 Å². The number of hydrogen-bond acceptors (Lipinski definition) is 3. The van der Waals surface area contributed by atoms with E-state index in [-0.39, 0.29) is 36.0 Å². The number of nitrogens with one attached hydrogen (secondary N) is 2. The predicted molar refractivity (Wildman–Crippen MR) is 90.7 cm³/mol. The van der Waals surface area contributed by atoms with Crippen LogP contribution in [-0.4, -0.2) is 37.4 Å². The van der Waals surface area contributed by atoms with Crippen molar-refractivity contribution >= 4 is 35.0 Å². The molecule has 24 heavy (non-hydrogen) atoms. The minimum absolute atomic E-state index is 0.0641.